The zero-order valence-corrected chi connectivity index (χ0v) is 21.1. The van der Waals surface area contributed by atoms with Crippen molar-refractivity contribution in [1.29, 1.82) is 0 Å². The molecule has 190 valence electrons. The molecular formula is C30H33N5O2. The van der Waals surface area contributed by atoms with Crippen molar-refractivity contribution in [3.63, 3.8) is 0 Å². The molecule has 0 spiro atoms. The molecule has 0 N–H and O–H groups in total. The topological polar surface area (TPSA) is 63.5 Å². The number of hydrogen-bond acceptors (Lipinski definition) is 6. The molecule has 6 rings (SSSR count). The maximum atomic E-state index is 12.9. The maximum absolute atomic E-state index is 12.9. The molecule has 2 fully saturated rings. The van der Waals surface area contributed by atoms with Gasteiger partial charge in [-0.3, -0.25) is 9.47 Å². The van der Waals surface area contributed by atoms with Crippen LogP contribution in [0.15, 0.2) is 77.7 Å². The third kappa shape index (κ3) is 5.52. The van der Waals surface area contributed by atoms with E-state index in [0.29, 0.717) is 12.5 Å². The van der Waals surface area contributed by atoms with E-state index >= 15 is 0 Å². The molecule has 37 heavy (non-hydrogen) atoms. The molecule has 2 aromatic carbocycles. The molecule has 7 heteroatoms. The van der Waals surface area contributed by atoms with Gasteiger partial charge in [0.15, 0.2) is 0 Å². The van der Waals surface area contributed by atoms with Crippen molar-refractivity contribution in [3.05, 3.63) is 83.4 Å². The summed E-state index contributed by atoms with van der Waals surface area (Å²) in [6, 6.07) is 22.1. The molecule has 0 bridgehead atoms. The summed E-state index contributed by atoms with van der Waals surface area (Å²) >= 11 is 0. The highest BCUT2D eigenvalue weighted by atomic mass is 16.5. The lowest BCUT2D eigenvalue weighted by Gasteiger charge is -2.35. The molecular weight excluding hydrogens is 462 g/mol. The van der Waals surface area contributed by atoms with E-state index in [4.69, 9.17) is 4.74 Å². The predicted molar refractivity (Wildman–Crippen MR) is 147 cm³/mol. The monoisotopic (exact) mass is 495 g/mol. The predicted octanol–water partition coefficient (Wildman–Crippen LogP) is 4.46. The van der Waals surface area contributed by atoms with Crippen LogP contribution in [0.5, 0.6) is 5.75 Å². The zero-order valence-electron chi connectivity index (χ0n) is 21.1. The van der Waals surface area contributed by atoms with Crippen molar-refractivity contribution < 1.29 is 4.74 Å². The summed E-state index contributed by atoms with van der Waals surface area (Å²) in [7, 11) is 0. The standard InChI is InChI=1S/C30H33N5O2/c36-30-32-29(24-7-2-1-3-8-24)26-21-25(12-13-27(26)35(30)22-23-10-11-23)37-20-6-15-33-16-18-34(19-17-33)28-9-4-5-14-31-28/h1-5,7-9,12-14,21,23H,6,10-11,15-20,22H2. The first-order valence-electron chi connectivity index (χ1n) is 13.4. The quantitative estimate of drug-likeness (QED) is 0.320. The number of fused-ring (bicyclic) bond motifs is 1. The lowest BCUT2D eigenvalue weighted by Crippen LogP contribution is -2.47. The van der Waals surface area contributed by atoms with Crippen molar-refractivity contribution >= 4 is 16.7 Å². The van der Waals surface area contributed by atoms with Crippen LogP contribution < -0.4 is 15.3 Å². The van der Waals surface area contributed by atoms with Crippen LogP contribution in [0.3, 0.4) is 0 Å². The Bertz CT molecular complexity index is 1390. The van der Waals surface area contributed by atoms with Crippen LogP contribution in [0.2, 0.25) is 0 Å². The fourth-order valence-corrected chi connectivity index (χ4v) is 5.12. The Labute approximate surface area is 217 Å². The average molecular weight is 496 g/mol. The van der Waals surface area contributed by atoms with Gasteiger partial charge in [0.1, 0.15) is 11.6 Å². The second-order valence-electron chi connectivity index (χ2n) is 10.1. The van der Waals surface area contributed by atoms with E-state index in [-0.39, 0.29) is 5.69 Å². The van der Waals surface area contributed by atoms with Crippen molar-refractivity contribution in [3.8, 4) is 17.0 Å². The molecule has 4 aromatic rings. The first-order valence-corrected chi connectivity index (χ1v) is 13.4. The number of hydrogen-bond donors (Lipinski definition) is 0. The Morgan fingerprint density at radius 2 is 1.73 bits per heavy atom. The Hall–Kier alpha value is -3.71. The van der Waals surface area contributed by atoms with Gasteiger partial charge in [0.05, 0.1) is 17.8 Å². The first-order chi connectivity index (χ1) is 18.2. The summed E-state index contributed by atoms with van der Waals surface area (Å²) in [6.07, 6.45) is 5.20. The second kappa shape index (κ2) is 10.7. The summed E-state index contributed by atoms with van der Waals surface area (Å²) in [5.74, 6) is 2.48. The number of pyridine rings is 1. The van der Waals surface area contributed by atoms with E-state index in [1.807, 2.05) is 65.4 Å². The summed E-state index contributed by atoms with van der Waals surface area (Å²) in [5, 5.41) is 0.967. The molecule has 1 aliphatic heterocycles. The largest absolute Gasteiger partial charge is 0.494 e. The van der Waals surface area contributed by atoms with Gasteiger partial charge in [0, 0.05) is 56.4 Å². The Kier molecular flexibility index (Phi) is 6.86. The number of nitrogens with zero attached hydrogens (tertiary/aromatic N) is 5. The Morgan fingerprint density at radius 1 is 0.919 bits per heavy atom. The van der Waals surface area contributed by atoms with Crippen LogP contribution in [0.25, 0.3) is 22.2 Å². The molecule has 3 heterocycles. The molecule has 0 amide bonds. The fraction of sp³-hybridized carbons (Fsp3) is 0.367. The normalized spacial score (nSPS) is 16.3. The summed E-state index contributed by atoms with van der Waals surface area (Å²) in [5.41, 5.74) is 2.44. The number of piperazine rings is 1. The minimum absolute atomic E-state index is 0.171. The zero-order chi connectivity index (χ0) is 25.0. The Balaban J connectivity index is 1.11. The molecule has 1 aliphatic carbocycles. The van der Waals surface area contributed by atoms with Crippen molar-refractivity contribution in [1.82, 2.24) is 19.4 Å². The highest BCUT2D eigenvalue weighted by Crippen LogP contribution is 2.33. The third-order valence-corrected chi connectivity index (χ3v) is 7.37. The van der Waals surface area contributed by atoms with Gasteiger partial charge in [0.25, 0.3) is 0 Å². The SMILES string of the molecule is O=c1nc(-c2ccccc2)c2cc(OCCCN3CCN(c4ccccn4)CC3)ccc2n1CC1CC1. The van der Waals surface area contributed by atoms with Crippen molar-refractivity contribution in [2.75, 3.05) is 44.2 Å². The van der Waals surface area contributed by atoms with E-state index in [1.54, 1.807) is 0 Å². The number of aromatic nitrogens is 3. The molecule has 7 nitrogen and oxygen atoms in total. The lowest BCUT2D eigenvalue weighted by molar-refractivity contribution is 0.224. The molecule has 2 aliphatic rings. The first kappa shape index (κ1) is 23.7. The number of anilines is 1. The second-order valence-corrected chi connectivity index (χ2v) is 10.1. The van der Waals surface area contributed by atoms with Gasteiger partial charge >= 0.3 is 5.69 Å². The van der Waals surface area contributed by atoms with E-state index in [9.17, 15) is 4.79 Å². The van der Waals surface area contributed by atoms with Gasteiger partial charge in [-0.2, -0.15) is 4.98 Å². The van der Waals surface area contributed by atoms with Crippen LogP contribution >= 0.6 is 0 Å². The Morgan fingerprint density at radius 3 is 2.49 bits per heavy atom. The van der Waals surface area contributed by atoms with Crippen LogP contribution in [0, 0.1) is 5.92 Å². The van der Waals surface area contributed by atoms with Crippen LogP contribution in [-0.2, 0) is 6.54 Å². The number of benzene rings is 2. The van der Waals surface area contributed by atoms with Gasteiger partial charge < -0.3 is 9.64 Å². The summed E-state index contributed by atoms with van der Waals surface area (Å²) < 4.78 is 8.03. The van der Waals surface area contributed by atoms with Gasteiger partial charge in [-0.15, -0.1) is 0 Å². The number of rotatable bonds is 9. The van der Waals surface area contributed by atoms with E-state index in [2.05, 4.69) is 31.9 Å². The third-order valence-electron chi connectivity index (χ3n) is 7.37. The molecule has 2 aromatic heterocycles. The smallest absolute Gasteiger partial charge is 0.348 e. The highest BCUT2D eigenvalue weighted by molar-refractivity contribution is 5.93. The van der Waals surface area contributed by atoms with E-state index in [0.717, 1.165) is 79.4 Å². The van der Waals surface area contributed by atoms with Gasteiger partial charge in [-0.25, -0.2) is 9.78 Å². The highest BCUT2D eigenvalue weighted by Gasteiger charge is 2.24. The van der Waals surface area contributed by atoms with Crippen molar-refractivity contribution in [2.45, 2.75) is 25.8 Å². The van der Waals surface area contributed by atoms with Crippen molar-refractivity contribution in [2.24, 2.45) is 5.92 Å². The minimum Gasteiger partial charge on any atom is -0.494 e. The average Bonchev–Trinajstić information content (AvgIpc) is 3.78. The van der Waals surface area contributed by atoms with E-state index < -0.39 is 0 Å². The summed E-state index contributed by atoms with van der Waals surface area (Å²) in [6.45, 7) is 6.49. The summed E-state index contributed by atoms with van der Waals surface area (Å²) in [4.78, 5) is 26.8. The van der Waals surface area contributed by atoms with Gasteiger partial charge in [0.2, 0.25) is 0 Å². The van der Waals surface area contributed by atoms with Gasteiger partial charge in [-0.1, -0.05) is 36.4 Å². The molecule has 1 saturated carbocycles. The molecule has 1 saturated heterocycles. The number of ether oxygens (including phenoxy) is 1. The molecule has 0 radical (unpaired) electrons. The van der Waals surface area contributed by atoms with Gasteiger partial charge in [-0.05, 0) is 55.5 Å². The minimum atomic E-state index is -0.171. The van der Waals surface area contributed by atoms with E-state index in [1.165, 1.54) is 12.8 Å². The molecule has 0 atom stereocenters. The maximum Gasteiger partial charge on any atom is 0.348 e. The van der Waals surface area contributed by atoms with Crippen LogP contribution in [0.1, 0.15) is 19.3 Å². The molecule has 0 unspecified atom stereocenters. The lowest BCUT2D eigenvalue weighted by atomic mass is 10.1. The fourth-order valence-electron chi connectivity index (χ4n) is 5.12. The van der Waals surface area contributed by atoms with Crippen LogP contribution in [0.4, 0.5) is 5.82 Å². The van der Waals surface area contributed by atoms with Crippen LogP contribution in [-0.4, -0.2) is 58.8 Å².